The number of nitrogens with two attached hydrogens (primary N) is 1. The number of aldehydes is 1. The van der Waals surface area contributed by atoms with Gasteiger partial charge in [0.2, 0.25) is 6.29 Å². The lowest BCUT2D eigenvalue weighted by Gasteiger charge is -2.43. The summed E-state index contributed by atoms with van der Waals surface area (Å²) in [5, 5.41) is 21.2. The number of aliphatic hydroxyl groups is 2. The first-order chi connectivity index (χ1) is 22.4. The van der Waals surface area contributed by atoms with Gasteiger partial charge in [0.05, 0.1) is 18.9 Å². The Morgan fingerprint density at radius 1 is 1.00 bits per heavy atom. The second kappa shape index (κ2) is 15.2. The van der Waals surface area contributed by atoms with Crippen molar-refractivity contribution >= 4 is 67.5 Å². The molecule has 0 aromatic carbocycles. The second-order valence-electron chi connectivity index (χ2n) is 10.3. The third-order valence-corrected chi connectivity index (χ3v) is 10.3. The molecular formula is C23H31N5O17P2S. The molecule has 2 aromatic rings. The molecule has 0 spiro atoms. The molecule has 6 N–H and O–H groups in total. The quantitative estimate of drug-likeness (QED) is 0.0665. The maximum Gasteiger partial charge on any atom is 0.481 e. The average molecular weight is 744 g/mol. The number of carbonyl (C=O) groups excluding carboxylic acids is 4. The van der Waals surface area contributed by atoms with E-state index in [1.807, 2.05) is 0 Å². The van der Waals surface area contributed by atoms with E-state index < -0.39 is 101 Å². The minimum Gasteiger partial charge on any atom is -0.463 e. The Hall–Kier alpha value is -3.05. The highest BCUT2D eigenvalue weighted by Gasteiger charge is 2.53. The summed E-state index contributed by atoms with van der Waals surface area (Å²) in [5.41, 5.74) is 6.13. The van der Waals surface area contributed by atoms with E-state index in [0.717, 1.165) is 27.1 Å². The Bertz CT molecular complexity index is 1630. The smallest absolute Gasteiger partial charge is 0.463 e. The average Bonchev–Trinajstić information content (AvgIpc) is 3.52. The molecule has 0 aliphatic carbocycles. The van der Waals surface area contributed by atoms with E-state index in [4.69, 9.17) is 50.3 Å². The molecule has 2 aliphatic rings. The number of nitrogens with zero attached hydrogens (tertiary/aromatic N) is 4. The molecule has 4 rings (SSSR count). The van der Waals surface area contributed by atoms with E-state index in [1.54, 1.807) is 0 Å². The van der Waals surface area contributed by atoms with Crippen LogP contribution in [-0.4, -0.2) is 120 Å². The Morgan fingerprint density at radius 3 is 2.29 bits per heavy atom. The Kier molecular flexibility index (Phi) is 12.0. The third kappa shape index (κ3) is 8.94. The largest absolute Gasteiger partial charge is 0.481 e. The van der Waals surface area contributed by atoms with Gasteiger partial charge in [0.1, 0.15) is 55.3 Å². The van der Waals surface area contributed by atoms with Crippen molar-refractivity contribution in [3.63, 3.8) is 0 Å². The lowest BCUT2D eigenvalue weighted by Crippen LogP contribution is -2.59. The van der Waals surface area contributed by atoms with Crippen LogP contribution >= 0.6 is 14.5 Å². The van der Waals surface area contributed by atoms with Gasteiger partial charge in [-0.15, -0.1) is 0 Å². The summed E-state index contributed by atoms with van der Waals surface area (Å²) < 4.78 is 55.3. The number of rotatable bonds is 13. The summed E-state index contributed by atoms with van der Waals surface area (Å²) in [5.74, 6) is -4.25. The van der Waals surface area contributed by atoms with E-state index >= 15 is 0 Å². The normalized spacial score (nSPS) is 31.4. The second-order valence-corrected chi connectivity index (χ2v) is 14.6. The summed E-state index contributed by atoms with van der Waals surface area (Å²) in [6.07, 6.45) is -10.3. The van der Waals surface area contributed by atoms with Crippen LogP contribution in [0.15, 0.2) is 12.7 Å². The number of anilines is 1. The molecule has 25 heteroatoms. The van der Waals surface area contributed by atoms with Crippen molar-refractivity contribution in [2.45, 2.75) is 69.9 Å². The molecule has 22 nitrogen and oxygen atoms in total. The zero-order valence-electron chi connectivity index (χ0n) is 25.1. The van der Waals surface area contributed by atoms with Crippen LogP contribution in [0.5, 0.6) is 0 Å². The minimum absolute atomic E-state index is 0.0454. The first-order valence-corrected chi connectivity index (χ1v) is 17.7. The Morgan fingerprint density at radius 2 is 1.67 bits per heavy atom. The van der Waals surface area contributed by atoms with Crippen LogP contribution in [0.4, 0.5) is 5.82 Å². The maximum atomic E-state index is 13.0. The highest BCUT2D eigenvalue weighted by molar-refractivity contribution is 8.08. The number of ether oxygens (including phenoxy) is 5. The number of carbonyl (C=O) groups is 4. The third-order valence-electron chi connectivity index (χ3n) is 6.76. The van der Waals surface area contributed by atoms with E-state index in [1.165, 1.54) is 10.9 Å². The molecule has 0 bridgehead atoms. The van der Waals surface area contributed by atoms with E-state index in [9.17, 15) is 43.7 Å². The predicted octanol–water partition coefficient (Wildman–Crippen LogP) is -1.64. The van der Waals surface area contributed by atoms with Crippen molar-refractivity contribution in [2.75, 3.05) is 18.9 Å². The molecule has 2 aliphatic heterocycles. The van der Waals surface area contributed by atoms with Gasteiger partial charge in [0, 0.05) is 20.8 Å². The first-order valence-electron chi connectivity index (χ1n) is 13.7. The number of phosphoric ester groups is 1. The van der Waals surface area contributed by atoms with Crippen LogP contribution in [0.25, 0.3) is 11.2 Å². The van der Waals surface area contributed by atoms with Crippen LogP contribution < -0.4 is 5.73 Å². The topological polar surface area (TPSA) is 310 Å². The van der Waals surface area contributed by atoms with Crippen LogP contribution in [0, 0.1) is 5.92 Å². The molecule has 7 unspecified atom stereocenters. The summed E-state index contributed by atoms with van der Waals surface area (Å²) in [6, 6.07) is 0. The molecule has 11 atom stereocenters. The van der Waals surface area contributed by atoms with Gasteiger partial charge in [0.25, 0.3) is 0 Å². The fourth-order valence-corrected chi connectivity index (χ4v) is 7.91. The van der Waals surface area contributed by atoms with Gasteiger partial charge in [-0.25, -0.2) is 23.8 Å². The number of fused-ring (bicyclic) bond motifs is 1. The first kappa shape index (κ1) is 37.8. The van der Waals surface area contributed by atoms with Crippen LogP contribution in [-0.2, 0) is 72.6 Å². The summed E-state index contributed by atoms with van der Waals surface area (Å²) >= 11 is 4.82. The van der Waals surface area contributed by atoms with Gasteiger partial charge in [-0.2, -0.15) is 0 Å². The SMILES string of the molecule is CC(=O)OCC1O[C@@H](OP(=O)(O)OP(O)(=S)OC[C@H]2O[C@@H](n3cnc4c(N)ncnc43)C(O)C2O)C(OC(C)=O)C(C=O)[C@@H]1OC(C)=O. The zero-order chi connectivity index (χ0) is 35.6. The standard InChI is InChI=1S/C23H31N5O17P2S/c1-9(30)38-5-14-18(40-10(2)31)12(4-29)19(41-11(3)32)23(43-14)44-46(35,36)45-47(37,48)39-6-13-16(33)17(34)22(42-13)28-8-27-15-20(24)25-7-26-21(15)28/h4,7-8,12-14,16-19,22-23,33-34H,5-6H2,1-3H3,(H,35,36)(H,37,48)(H2,24,25,26)/t12?,13-,14?,16?,17?,18+,19?,22-,23+,47?/m1/s1. The summed E-state index contributed by atoms with van der Waals surface area (Å²) in [4.78, 5) is 80.1. The number of esters is 3. The molecule has 2 aromatic heterocycles. The number of aliphatic hydroxyl groups excluding tert-OH is 2. The number of imidazole rings is 1. The van der Waals surface area contributed by atoms with Gasteiger partial charge >= 0.3 is 32.4 Å². The van der Waals surface area contributed by atoms with Crippen LogP contribution in [0.2, 0.25) is 0 Å². The fraction of sp³-hybridized carbons (Fsp3) is 0.609. The number of nitrogen functional groups attached to an aromatic ring is 1. The number of hydrogen-bond donors (Lipinski definition) is 5. The fourth-order valence-electron chi connectivity index (χ4n) is 4.81. The minimum atomic E-state index is -5.55. The molecular weight excluding hydrogens is 712 g/mol. The molecule has 0 amide bonds. The van der Waals surface area contributed by atoms with Gasteiger partial charge in [0.15, 0.2) is 23.8 Å². The van der Waals surface area contributed by atoms with Crippen LogP contribution in [0.1, 0.15) is 27.0 Å². The highest BCUT2D eigenvalue weighted by atomic mass is 32.5. The lowest BCUT2D eigenvalue weighted by atomic mass is 9.90. The molecule has 2 saturated heterocycles. The number of hydrogen-bond acceptors (Lipinski definition) is 20. The Labute approximate surface area is 275 Å². The lowest BCUT2D eigenvalue weighted by molar-refractivity contribution is -0.270. The number of aromatic nitrogens is 4. The van der Waals surface area contributed by atoms with Crippen molar-refractivity contribution < 1.29 is 80.8 Å². The van der Waals surface area contributed by atoms with Gasteiger partial charge in [-0.3, -0.25) is 23.5 Å². The van der Waals surface area contributed by atoms with E-state index in [2.05, 4.69) is 19.3 Å². The van der Waals surface area contributed by atoms with E-state index in [-0.39, 0.29) is 23.3 Å². The Balaban J connectivity index is 1.46. The van der Waals surface area contributed by atoms with Crippen molar-refractivity contribution in [1.82, 2.24) is 19.5 Å². The van der Waals surface area contributed by atoms with Crippen LogP contribution in [0.3, 0.4) is 0 Å². The molecule has 48 heavy (non-hydrogen) atoms. The summed E-state index contributed by atoms with van der Waals surface area (Å²) in [6.45, 7) is -3.21. The summed E-state index contributed by atoms with van der Waals surface area (Å²) in [7, 11) is -5.55. The van der Waals surface area contributed by atoms with E-state index in [0.29, 0.717) is 0 Å². The zero-order valence-corrected chi connectivity index (χ0v) is 27.7. The molecule has 0 saturated carbocycles. The molecule has 4 heterocycles. The monoisotopic (exact) mass is 743 g/mol. The van der Waals surface area contributed by atoms with Crippen molar-refractivity contribution in [2.24, 2.45) is 5.92 Å². The maximum absolute atomic E-state index is 13.0. The molecule has 0 radical (unpaired) electrons. The van der Waals surface area contributed by atoms with Gasteiger partial charge < -0.3 is 58.7 Å². The van der Waals surface area contributed by atoms with Crippen molar-refractivity contribution in [1.29, 1.82) is 0 Å². The number of phosphoric acid groups is 1. The van der Waals surface area contributed by atoms with Gasteiger partial charge in [-0.05, 0) is 11.8 Å². The van der Waals surface area contributed by atoms with Crippen molar-refractivity contribution in [3.8, 4) is 0 Å². The highest BCUT2D eigenvalue weighted by Crippen LogP contribution is 2.62. The van der Waals surface area contributed by atoms with Gasteiger partial charge in [-0.1, -0.05) is 0 Å². The predicted molar refractivity (Wildman–Crippen MR) is 156 cm³/mol. The molecule has 2 fully saturated rings. The van der Waals surface area contributed by atoms with Crippen molar-refractivity contribution in [3.05, 3.63) is 12.7 Å². The molecule has 266 valence electrons.